The summed E-state index contributed by atoms with van der Waals surface area (Å²) >= 11 is 6.84. The van der Waals surface area contributed by atoms with Crippen molar-refractivity contribution < 1.29 is 0 Å². The lowest BCUT2D eigenvalue weighted by Gasteiger charge is -2.61. The standard InChI is InChI=1S/C33H33ClN8O/c1-32(2,3)18-37-29-20(15-35)16-36-30-24(29)10-21(11-25(30)34)38-31(26-17-42(40-39-26)33-12-19(13-33)14-33)23-6-5-7-27-22(23)8-9-28(43)41(27)4/h5-11,16-17,19,31,38H,12-14,18H2,1-4H3,(H,36,37). The molecule has 43 heavy (non-hydrogen) atoms. The summed E-state index contributed by atoms with van der Waals surface area (Å²) in [6.07, 6.45) is 7.09. The maximum atomic E-state index is 12.5. The van der Waals surface area contributed by atoms with Crippen molar-refractivity contribution in [1.82, 2.24) is 24.5 Å². The van der Waals surface area contributed by atoms with Gasteiger partial charge < -0.3 is 15.2 Å². The monoisotopic (exact) mass is 592 g/mol. The lowest BCUT2D eigenvalue weighted by molar-refractivity contribution is -0.0989. The maximum absolute atomic E-state index is 12.5. The van der Waals surface area contributed by atoms with Gasteiger partial charge in [0.15, 0.2) is 0 Å². The number of benzene rings is 2. The quantitative estimate of drug-likeness (QED) is 0.226. The van der Waals surface area contributed by atoms with Gasteiger partial charge in [-0.25, -0.2) is 4.68 Å². The number of nitrogens with zero attached hydrogens (tertiary/aromatic N) is 6. The Bertz CT molecular complexity index is 2000. The fraction of sp³-hybridized carbons (Fsp3) is 0.364. The van der Waals surface area contributed by atoms with Gasteiger partial charge in [-0.1, -0.05) is 49.7 Å². The van der Waals surface area contributed by atoms with Crippen molar-refractivity contribution in [2.24, 2.45) is 18.4 Å². The molecule has 3 heterocycles. The van der Waals surface area contributed by atoms with Crippen molar-refractivity contribution in [1.29, 1.82) is 5.26 Å². The van der Waals surface area contributed by atoms with Crippen LogP contribution in [0, 0.1) is 22.7 Å². The molecule has 2 bridgehead atoms. The van der Waals surface area contributed by atoms with Crippen LogP contribution in [-0.2, 0) is 12.6 Å². The lowest BCUT2D eigenvalue weighted by Crippen LogP contribution is -2.59. The minimum Gasteiger partial charge on any atom is -0.383 e. The summed E-state index contributed by atoms with van der Waals surface area (Å²) in [5.41, 5.74) is 5.13. The van der Waals surface area contributed by atoms with Gasteiger partial charge in [-0.05, 0) is 60.4 Å². The number of nitriles is 1. The number of nitrogens with one attached hydrogen (secondary N) is 2. The number of hydrogen-bond acceptors (Lipinski definition) is 7. The highest BCUT2D eigenvalue weighted by molar-refractivity contribution is 6.35. The van der Waals surface area contributed by atoms with Crippen LogP contribution in [0.5, 0.6) is 0 Å². The van der Waals surface area contributed by atoms with Crippen LogP contribution in [0.15, 0.2) is 59.7 Å². The molecule has 5 aromatic rings. The highest BCUT2D eigenvalue weighted by Gasteiger charge is 2.59. The van der Waals surface area contributed by atoms with Gasteiger partial charge in [-0.15, -0.1) is 5.10 Å². The van der Waals surface area contributed by atoms with Gasteiger partial charge in [0.25, 0.3) is 5.56 Å². The topological polar surface area (TPSA) is 113 Å². The number of halogens is 1. The fourth-order valence-electron chi connectivity index (χ4n) is 6.48. The molecule has 3 aromatic heterocycles. The molecule has 0 radical (unpaired) electrons. The average Bonchev–Trinajstić information content (AvgIpc) is 3.39. The second-order valence-corrected chi connectivity index (χ2v) is 13.7. The van der Waals surface area contributed by atoms with E-state index in [1.165, 1.54) is 0 Å². The lowest BCUT2D eigenvalue weighted by atomic mass is 9.50. The predicted molar refractivity (Wildman–Crippen MR) is 169 cm³/mol. The number of rotatable bonds is 7. The van der Waals surface area contributed by atoms with Gasteiger partial charge >= 0.3 is 0 Å². The van der Waals surface area contributed by atoms with Crippen molar-refractivity contribution in [3.63, 3.8) is 0 Å². The van der Waals surface area contributed by atoms with E-state index in [2.05, 4.69) is 65.0 Å². The largest absolute Gasteiger partial charge is 0.383 e. The number of anilines is 2. The predicted octanol–water partition coefficient (Wildman–Crippen LogP) is 6.37. The van der Waals surface area contributed by atoms with E-state index in [9.17, 15) is 10.1 Å². The molecular weight excluding hydrogens is 560 g/mol. The Morgan fingerprint density at radius 2 is 1.95 bits per heavy atom. The Labute approximate surface area is 254 Å². The zero-order valence-electron chi connectivity index (χ0n) is 24.6. The van der Waals surface area contributed by atoms with Crippen LogP contribution in [-0.4, -0.2) is 31.1 Å². The Morgan fingerprint density at radius 3 is 2.65 bits per heavy atom. The molecule has 3 saturated carbocycles. The van der Waals surface area contributed by atoms with Crippen molar-refractivity contribution in [2.45, 2.75) is 51.6 Å². The molecule has 10 heteroatoms. The van der Waals surface area contributed by atoms with Crippen molar-refractivity contribution in [3.05, 3.63) is 87.1 Å². The summed E-state index contributed by atoms with van der Waals surface area (Å²) in [4.78, 5) is 17.0. The normalized spacial score (nSPS) is 19.9. The molecule has 3 aliphatic rings. The molecular formula is C33H33ClN8O. The van der Waals surface area contributed by atoms with Crippen molar-refractivity contribution in [2.75, 3.05) is 17.2 Å². The van der Waals surface area contributed by atoms with Gasteiger partial charge in [-0.3, -0.25) is 9.78 Å². The molecule has 0 amide bonds. The Kier molecular flexibility index (Phi) is 6.26. The molecule has 0 saturated heterocycles. The first-order chi connectivity index (χ1) is 20.5. The van der Waals surface area contributed by atoms with E-state index in [1.807, 2.05) is 35.0 Å². The first-order valence-electron chi connectivity index (χ1n) is 14.6. The molecule has 218 valence electrons. The zero-order chi connectivity index (χ0) is 30.1. The number of pyridine rings is 2. The van der Waals surface area contributed by atoms with Crippen LogP contribution in [0.2, 0.25) is 5.02 Å². The van der Waals surface area contributed by atoms with Crippen LogP contribution in [0.25, 0.3) is 21.8 Å². The number of fused-ring (bicyclic) bond motifs is 2. The van der Waals surface area contributed by atoms with Crippen LogP contribution < -0.4 is 16.2 Å². The summed E-state index contributed by atoms with van der Waals surface area (Å²) < 4.78 is 3.70. The van der Waals surface area contributed by atoms with Crippen molar-refractivity contribution in [3.8, 4) is 6.07 Å². The van der Waals surface area contributed by atoms with Gasteiger partial charge in [-0.2, -0.15) is 5.26 Å². The summed E-state index contributed by atoms with van der Waals surface area (Å²) in [5, 5.41) is 28.5. The summed E-state index contributed by atoms with van der Waals surface area (Å²) in [6.45, 7) is 7.08. The Morgan fingerprint density at radius 1 is 1.16 bits per heavy atom. The molecule has 3 aliphatic carbocycles. The SMILES string of the molecule is Cn1c(=O)ccc2c(C(Nc3cc(Cl)c4ncc(C#N)c(NCC(C)(C)C)c4c3)c3cn(C45CC(C4)C5)nn3)cccc21. The maximum Gasteiger partial charge on any atom is 0.250 e. The summed E-state index contributed by atoms with van der Waals surface area (Å²) in [5.74, 6) is 0.814. The molecule has 2 N–H and O–H groups in total. The second-order valence-electron chi connectivity index (χ2n) is 13.3. The van der Waals surface area contributed by atoms with Gasteiger partial charge in [0, 0.05) is 42.3 Å². The van der Waals surface area contributed by atoms with Gasteiger partial charge in [0.05, 0.1) is 45.1 Å². The summed E-state index contributed by atoms with van der Waals surface area (Å²) in [7, 11) is 1.78. The number of hydrogen-bond donors (Lipinski definition) is 2. The van der Waals surface area contributed by atoms with E-state index in [-0.39, 0.29) is 16.5 Å². The summed E-state index contributed by atoms with van der Waals surface area (Å²) in [6, 6.07) is 15.2. The van der Waals surface area contributed by atoms with E-state index in [0.717, 1.165) is 58.4 Å². The minimum atomic E-state index is -0.395. The molecule has 0 spiro atoms. The molecule has 1 atom stereocenters. The molecule has 3 fully saturated rings. The first-order valence-corrected chi connectivity index (χ1v) is 15.0. The Balaban J connectivity index is 1.37. The molecule has 0 aliphatic heterocycles. The first kappa shape index (κ1) is 27.4. The highest BCUT2D eigenvalue weighted by atomic mass is 35.5. The van der Waals surface area contributed by atoms with Crippen LogP contribution >= 0.6 is 11.6 Å². The zero-order valence-corrected chi connectivity index (χ0v) is 25.4. The van der Waals surface area contributed by atoms with E-state index < -0.39 is 6.04 Å². The van der Waals surface area contributed by atoms with Crippen molar-refractivity contribution >= 4 is 44.8 Å². The second kappa shape index (κ2) is 9.81. The van der Waals surface area contributed by atoms with E-state index in [4.69, 9.17) is 11.6 Å². The van der Waals surface area contributed by atoms with Gasteiger partial charge in [0.1, 0.15) is 11.8 Å². The van der Waals surface area contributed by atoms with E-state index in [1.54, 1.807) is 23.9 Å². The fourth-order valence-corrected chi connectivity index (χ4v) is 6.75. The van der Waals surface area contributed by atoms with E-state index >= 15 is 0 Å². The highest BCUT2D eigenvalue weighted by Crippen LogP contribution is 2.62. The molecule has 2 aromatic carbocycles. The minimum absolute atomic E-state index is 0.00620. The van der Waals surface area contributed by atoms with Crippen LogP contribution in [0.3, 0.4) is 0 Å². The average molecular weight is 593 g/mol. The number of aryl methyl sites for hydroxylation is 1. The molecule has 1 unspecified atom stereocenters. The third-order valence-electron chi connectivity index (χ3n) is 8.96. The smallest absolute Gasteiger partial charge is 0.250 e. The number of aromatic nitrogens is 5. The third kappa shape index (κ3) is 4.61. The third-order valence-corrected chi connectivity index (χ3v) is 9.25. The van der Waals surface area contributed by atoms with Gasteiger partial charge in [0.2, 0.25) is 0 Å². The van der Waals surface area contributed by atoms with E-state index in [0.29, 0.717) is 28.3 Å². The van der Waals surface area contributed by atoms with Crippen LogP contribution in [0.4, 0.5) is 11.4 Å². The molecule has 9 nitrogen and oxygen atoms in total. The molecule has 8 rings (SSSR count). The Hall–Kier alpha value is -4.42. The van der Waals surface area contributed by atoms with Crippen LogP contribution in [0.1, 0.15) is 62.9 Å².